The van der Waals surface area contributed by atoms with Crippen molar-refractivity contribution in [1.29, 1.82) is 0 Å². The van der Waals surface area contributed by atoms with Gasteiger partial charge in [-0.3, -0.25) is 10.1 Å². The SMILES string of the molecule is CC(C)Oc1cccc(-c2cc(C(=O)NC(=S)NC3CCCCC3)c3ccccc3n2)c1. The van der Waals surface area contributed by atoms with Crippen LogP contribution in [0.25, 0.3) is 22.2 Å². The zero-order valence-electron chi connectivity index (χ0n) is 18.6. The Hall–Kier alpha value is -2.99. The number of carbonyl (C=O) groups excluding carboxylic acids is 1. The fourth-order valence-electron chi connectivity index (χ4n) is 4.15. The molecule has 0 unspecified atom stereocenters. The molecule has 1 aliphatic carbocycles. The Morgan fingerprint density at radius 2 is 1.84 bits per heavy atom. The summed E-state index contributed by atoms with van der Waals surface area (Å²) in [7, 11) is 0. The van der Waals surface area contributed by atoms with Gasteiger partial charge in [0.05, 0.1) is 22.9 Å². The zero-order chi connectivity index (χ0) is 22.5. The van der Waals surface area contributed by atoms with Crippen molar-refractivity contribution in [2.75, 3.05) is 0 Å². The van der Waals surface area contributed by atoms with E-state index in [-0.39, 0.29) is 12.0 Å². The highest BCUT2D eigenvalue weighted by molar-refractivity contribution is 7.80. The lowest BCUT2D eigenvalue weighted by atomic mass is 9.96. The number of para-hydroxylation sites is 1. The molecule has 5 nitrogen and oxygen atoms in total. The molecular weight excluding hydrogens is 418 g/mol. The van der Waals surface area contributed by atoms with Gasteiger partial charge in [0, 0.05) is 17.0 Å². The van der Waals surface area contributed by atoms with Crippen molar-refractivity contribution in [3.8, 4) is 17.0 Å². The van der Waals surface area contributed by atoms with Crippen LogP contribution in [0.5, 0.6) is 5.75 Å². The fraction of sp³-hybridized carbons (Fsp3) is 0.346. The maximum atomic E-state index is 13.2. The molecule has 166 valence electrons. The first-order valence-electron chi connectivity index (χ1n) is 11.3. The summed E-state index contributed by atoms with van der Waals surface area (Å²) in [5.41, 5.74) is 2.92. The molecule has 0 bridgehead atoms. The standard InChI is InChI=1S/C26H29N3O2S/c1-17(2)31-20-12-8-9-18(15-20)24-16-22(21-13-6-7-14-23(21)28-24)25(30)29-26(32)27-19-10-4-3-5-11-19/h6-9,12-17,19H,3-5,10-11H2,1-2H3,(H2,27,29,30,32). The molecule has 1 amide bonds. The third-order valence-electron chi connectivity index (χ3n) is 5.63. The van der Waals surface area contributed by atoms with Crippen LogP contribution in [0, 0.1) is 0 Å². The van der Waals surface area contributed by atoms with E-state index in [1.807, 2.05) is 68.4 Å². The summed E-state index contributed by atoms with van der Waals surface area (Å²) in [6.45, 7) is 3.99. The number of carbonyl (C=O) groups is 1. The molecule has 0 radical (unpaired) electrons. The molecule has 6 heteroatoms. The van der Waals surface area contributed by atoms with Crippen LogP contribution < -0.4 is 15.4 Å². The largest absolute Gasteiger partial charge is 0.491 e. The number of aromatic nitrogens is 1. The van der Waals surface area contributed by atoms with Gasteiger partial charge in [-0.1, -0.05) is 49.6 Å². The Labute approximate surface area is 194 Å². The fourth-order valence-corrected chi connectivity index (χ4v) is 4.41. The van der Waals surface area contributed by atoms with E-state index in [4.69, 9.17) is 21.9 Å². The summed E-state index contributed by atoms with van der Waals surface area (Å²) in [5.74, 6) is 0.545. The summed E-state index contributed by atoms with van der Waals surface area (Å²) in [6, 6.07) is 17.6. The van der Waals surface area contributed by atoms with E-state index in [9.17, 15) is 4.79 Å². The van der Waals surface area contributed by atoms with Gasteiger partial charge < -0.3 is 10.1 Å². The minimum Gasteiger partial charge on any atom is -0.491 e. The molecule has 1 heterocycles. The van der Waals surface area contributed by atoms with Crippen molar-refractivity contribution in [1.82, 2.24) is 15.6 Å². The Kier molecular flexibility index (Phi) is 7.00. The van der Waals surface area contributed by atoms with Crippen molar-refractivity contribution in [2.24, 2.45) is 0 Å². The molecule has 0 atom stereocenters. The molecule has 1 aromatic heterocycles. The second kappa shape index (κ2) is 10.1. The summed E-state index contributed by atoms with van der Waals surface area (Å²) in [4.78, 5) is 18.0. The topological polar surface area (TPSA) is 63.2 Å². The first kappa shape index (κ1) is 22.2. The van der Waals surface area contributed by atoms with Crippen molar-refractivity contribution in [2.45, 2.75) is 58.1 Å². The van der Waals surface area contributed by atoms with Crippen LogP contribution in [0.1, 0.15) is 56.3 Å². The summed E-state index contributed by atoms with van der Waals surface area (Å²) >= 11 is 5.44. The van der Waals surface area contributed by atoms with Crippen molar-refractivity contribution >= 4 is 34.1 Å². The van der Waals surface area contributed by atoms with Crippen molar-refractivity contribution in [3.63, 3.8) is 0 Å². The van der Waals surface area contributed by atoms with Gasteiger partial charge in [0.2, 0.25) is 0 Å². The van der Waals surface area contributed by atoms with Gasteiger partial charge in [0.1, 0.15) is 5.75 Å². The molecule has 2 N–H and O–H groups in total. The molecule has 0 spiro atoms. The molecule has 1 aliphatic rings. The van der Waals surface area contributed by atoms with E-state index in [2.05, 4.69) is 10.6 Å². The van der Waals surface area contributed by atoms with Crippen LogP contribution in [-0.2, 0) is 0 Å². The number of pyridine rings is 1. The van der Waals surface area contributed by atoms with Crippen LogP contribution in [-0.4, -0.2) is 28.1 Å². The second-order valence-corrected chi connectivity index (χ2v) is 8.94. The maximum Gasteiger partial charge on any atom is 0.258 e. The number of nitrogens with one attached hydrogen (secondary N) is 2. The number of hydrogen-bond donors (Lipinski definition) is 2. The number of amides is 1. The van der Waals surface area contributed by atoms with Gasteiger partial charge >= 0.3 is 0 Å². The molecule has 0 aliphatic heterocycles. The lowest BCUT2D eigenvalue weighted by molar-refractivity contribution is 0.0978. The van der Waals surface area contributed by atoms with Gasteiger partial charge in [-0.15, -0.1) is 0 Å². The number of rotatable bonds is 5. The van der Waals surface area contributed by atoms with Crippen LogP contribution in [0.15, 0.2) is 54.6 Å². The molecule has 1 fully saturated rings. The third kappa shape index (κ3) is 5.43. The van der Waals surface area contributed by atoms with Crippen molar-refractivity contribution in [3.05, 3.63) is 60.2 Å². The van der Waals surface area contributed by atoms with Gasteiger partial charge in [-0.05, 0) is 63.2 Å². The minimum atomic E-state index is -0.229. The molecule has 4 rings (SSSR count). The van der Waals surface area contributed by atoms with E-state index in [1.54, 1.807) is 0 Å². The number of nitrogens with zero attached hydrogens (tertiary/aromatic N) is 1. The number of hydrogen-bond acceptors (Lipinski definition) is 4. The quantitative estimate of drug-likeness (QED) is 0.497. The number of thiocarbonyl (C=S) groups is 1. The highest BCUT2D eigenvalue weighted by Gasteiger charge is 2.18. The van der Waals surface area contributed by atoms with E-state index >= 15 is 0 Å². The predicted molar refractivity (Wildman–Crippen MR) is 133 cm³/mol. The monoisotopic (exact) mass is 447 g/mol. The van der Waals surface area contributed by atoms with Crippen molar-refractivity contribution < 1.29 is 9.53 Å². The first-order valence-corrected chi connectivity index (χ1v) is 11.7. The van der Waals surface area contributed by atoms with E-state index in [0.29, 0.717) is 22.4 Å². The molecule has 32 heavy (non-hydrogen) atoms. The van der Waals surface area contributed by atoms with Crippen LogP contribution in [0.4, 0.5) is 0 Å². The first-order chi connectivity index (χ1) is 15.5. The molecule has 1 saturated carbocycles. The molecule has 0 saturated heterocycles. The van der Waals surface area contributed by atoms with Gasteiger partial charge in [-0.2, -0.15) is 0 Å². The average Bonchev–Trinajstić information content (AvgIpc) is 2.78. The lowest BCUT2D eigenvalue weighted by Crippen LogP contribution is -2.45. The number of fused-ring (bicyclic) bond motifs is 1. The van der Waals surface area contributed by atoms with E-state index in [0.717, 1.165) is 35.1 Å². The average molecular weight is 448 g/mol. The Morgan fingerprint density at radius 1 is 1.06 bits per heavy atom. The minimum absolute atomic E-state index is 0.0776. The lowest BCUT2D eigenvalue weighted by Gasteiger charge is -2.24. The predicted octanol–water partition coefficient (Wildman–Crippen LogP) is 5.63. The third-order valence-corrected chi connectivity index (χ3v) is 5.85. The number of benzene rings is 2. The van der Waals surface area contributed by atoms with Gasteiger partial charge in [0.25, 0.3) is 5.91 Å². The summed E-state index contributed by atoms with van der Waals surface area (Å²) in [6.07, 6.45) is 5.93. The highest BCUT2D eigenvalue weighted by Crippen LogP contribution is 2.27. The number of ether oxygens (including phenoxy) is 1. The molecule has 3 aromatic rings. The second-order valence-electron chi connectivity index (χ2n) is 8.53. The Morgan fingerprint density at radius 3 is 2.62 bits per heavy atom. The van der Waals surface area contributed by atoms with Crippen LogP contribution in [0.2, 0.25) is 0 Å². The van der Waals surface area contributed by atoms with Gasteiger partial charge in [-0.25, -0.2) is 4.98 Å². The molecular formula is C26H29N3O2S. The maximum absolute atomic E-state index is 13.2. The normalized spacial score (nSPS) is 14.3. The summed E-state index contributed by atoms with van der Waals surface area (Å²) in [5, 5.41) is 7.37. The zero-order valence-corrected chi connectivity index (χ0v) is 19.4. The highest BCUT2D eigenvalue weighted by atomic mass is 32.1. The van der Waals surface area contributed by atoms with E-state index in [1.165, 1.54) is 19.3 Å². The summed E-state index contributed by atoms with van der Waals surface area (Å²) < 4.78 is 5.83. The van der Waals surface area contributed by atoms with E-state index < -0.39 is 0 Å². The van der Waals surface area contributed by atoms with Crippen LogP contribution in [0.3, 0.4) is 0 Å². The smallest absolute Gasteiger partial charge is 0.258 e. The Balaban J connectivity index is 1.62. The van der Waals surface area contributed by atoms with Crippen LogP contribution >= 0.6 is 12.2 Å². The Bertz CT molecular complexity index is 1120. The van der Waals surface area contributed by atoms with Gasteiger partial charge in [0.15, 0.2) is 5.11 Å². The molecule has 2 aromatic carbocycles.